The molecule has 1 atom stereocenters. The molecule has 0 saturated heterocycles. The average Bonchev–Trinajstić information content (AvgIpc) is 3.05. The van der Waals surface area contributed by atoms with Crippen molar-refractivity contribution in [2.24, 2.45) is 17.9 Å². The number of nitrogens with two attached hydrogens (primary N) is 1. The van der Waals surface area contributed by atoms with E-state index < -0.39 is 17.6 Å². The molecule has 32 heavy (non-hydrogen) atoms. The first-order chi connectivity index (χ1) is 15.0. The highest BCUT2D eigenvalue weighted by Crippen LogP contribution is 2.33. The first-order valence-electron chi connectivity index (χ1n) is 9.54. The fourth-order valence-corrected chi connectivity index (χ4v) is 4.34. The second-order valence-corrected chi connectivity index (χ2v) is 8.60. The quantitative estimate of drug-likeness (QED) is 0.635. The Kier molecular flexibility index (Phi) is 5.45. The maximum absolute atomic E-state index is 13.1. The Morgan fingerprint density at radius 3 is 2.62 bits per heavy atom. The Hall–Kier alpha value is -3.34. The summed E-state index contributed by atoms with van der Waals surface area (Å²) in [6.45, 7) is 1.49. The van der Waals surface area contributed by atoms with Gasteiger partial charge in [-0.3, -0.25) is 9.59 Å². The van der Waals surface area contributed by atoms with E-state index in [1.807, 2.05) is 6.92 Å². The van der Waals surface area contributed by atoms with E-state index in [1.165, 1.54) is 6.07 Å². The Morgan fingerprint density at radius 2 is 1.94 bits per heavy atom. The van der Waals surface area contributed by atoms with Gasteiger partial charge in [0.05, 0.1) is 27.6 Å². The van der Waals surface area contributed by atoms with Gasteiger partial charge in [0.2, 0.25) is 5.91 Å². The minimum absolute atomic E-state index is 0.268. The summed E-state index contributed by atoms with van der Waals surface area (Å²) in [6.07, 6.45) is -4.45. The van der Waals surface area contributed by atoms with Crippen molar-refractivity contribution in [3.05, 3.63) is 53.6 Å². The number of nitrogens with zero attached hydrogens (tertiary/aromatic N) is 4. The lowest BCUT2D eigenvalue weighted by Gasteiger charge is -2.26. The summed E-state index contributed by atoms with van der Waals surface area (Å²) in [4.78, 5) is 27.9. The van der Waals surface area contributed by atoms with Gasteiger partial charge in [0.1, 0.15) is 12.4 Å². The molecule has 166 valence electrons. The van der Waals surface area contributed by atoms with Crippen LogP contribution in [0.25, 0.3) is 22.4 Å². The fourth-order valence-electron chi connectivity index (χ4n) is 3.51. The van der Waals surface area contributed by atoms with Gasteiger partial charge < -0.3 is 10.3 Å². The molecule has 0 aliphatic carbocycles. The van der Waals surface area contributed by atoms with Crippen molar-refractivity contribution < 1.29 is 22.8 Å². The topological polar surface area (TPSA) is 93.6 Å². The van der Waals surface area contributed by atoms with Crippen molar-refractivity contribution in [2.45, 2.75) is 18.3 Å². The highest BCUT2D eigenvalue weighted by molar-refractivity contribution is 8.14. The Labute approximate surface area is 185 Å². The number of hydrogen-bond acceptors (Lipinski definition) is 5. The molecule has 0 bridgehead atoms. The maximum atomic E-state index is 13.1. The van der Waals surface area contributed by atoms with Crippen LogP contribution in [0.4, 0.5) is 18.0 Å². The zero-order valence-electron chi connectivity index (χ0n) is 17.1. The van der Waals surface area contributed by atoms with E-state index in [0.717, 1.165) is 34.4 Å². The standard InChI is InChI=1S/C21H18F3N5O2S/c1-11-18(27-29(10-17(25)30)20(31)32-11)12-6-7-16-15(9-12)26-19(28(16)2)13-4-3-5-14(8-13)21(22,23)24/h3-9,11H,10H2,1-2H3,(H2,25,30). The van der Waals surface area contributed by atoms with Gasteiger partial charge in [0, 0.05) is 18.2 Å². The van der Waals surface area contributed by atoms with E-state index in [0.29, 0.717) is 28.2 Å². The molecule has 2 N–H and O–H groups in total. The SMILES string of the molecule is CC1SC(=O)N(CC(N)=O)N=C1c1ccc2c(c1)nc(-c1cccc(C(F)(F)F)c1)n2C. The van der Waals surface area contributed by atoms with Crippen LogP contribution in [0, 0.1) is 0 Å². The summed E-state index contributed by atoms with van der Waals surface area (Å²) >= 11 is 1.03. The van der Waals surface area contributed by atoms with Crippen LogP contribution in [0.3, 0.4) is 0 Å². The summed E-state index contributed by atoms with van der Waals surface area (Å²) in [5, 5.41) is 4.70. The third-order valence-corrected chi connectivity index (χ3v) is 6.02. The van der Waals surface area contributed by atoms with Gasteiger partial charge in [-0.15, -0.1) is 0 Å². The second-order valence-electron chi connectivity index (χ2n) is 7.31. The van der Waals surface area contributed by atoms with Gasteiger partial charge in [0.25, 0.3) is 0 Å². The number of hydrazone groups is 1. The summed E-state index contributed by atoms with van der Waals surface area (Å²) in [7, 11) is 1.73. The third kappa shape index (κ3) is 4.07. The van der Waals surface area contributed by atoms with Crippen molar-refractivity contribution in [2.75, 3.05) is 6.54 Å². The Morgan fingerprint density at radius 1 is 1.19 bits per heavy atom. The van der Waals surface area contributed by atoms with E-state index in [4.69, 9.17) is 5.73 Å². The normalized spacial score (nSPS) is 17.0. The minimum atomic E-state index is -4.45. The molecule has 1 aromatic heterocycles. The lowest BCUT2D eigenvalue weighted by Crippen LogP contribution is -2.39. The summed E-state index contributed by atoms with van der Waals surface area (Å²) in [5.41, 5.74) is 7.35. The van der Waals surface area contributed by atoms with E-state index in [-0.39, 0.29) is 17.0 Å². The van der Waals surface area contributed by atoms with Gasteiger partial charge in [0.15, 0.2) is 0 Å². The van der Waals surface area contributed by atoms with E-state index >= 15 is 0 Å². The average molecular weight is 461 g/mol. The zero-order valence-corrected chi connectivity index (χ0v) is 17.9. The molecule has 1 aliphatic heterocycles. The van der Waals surface area contributed by atoms with Crippen LogP contribution in [-0.4, -0.2) is 43.2 Å². The zero-order chi connectivity index (χ0) is 23.2. The molecule has 2 aromatic carbocycles. The smallest absolute Gasteiger partial charge is 0.368 e. The predicted molar refractivity (Wildman–Crippen MR) is 116 cm³/mol. The number of amides is 2. The predicted octanol–water partition coefficient (Wildman–Crippen LogP) is 4.01. The first-order valence-corrected chi connectivity index (χ1v) is 10.4. The maximum Gasteiger partial charge on any atom is 0.416 e. The summed E-state index contributed by atoms with van der Waals surface area (Å²) < 4.78 is 41.1. The van der Waals surface area contributed by atoms with E-state index in [9.17, 15) is 22.8 Å². The molecule has 2 amide bonds. The van der Waals surface area contributed by atoms with Crippen molar-refractivity contribution in [1.82, 2.24) is 14.6 Å². The largest absolute Gasteiger partial charge is 0.416 e. The molecule has 2 heterocycles. The molecule has 1 aliphatic rings. The summed E-state index contributed by atoms with van der Waals surface area (Å²) in [6, 6.07) is 10.4. The number of hydrogen-bond donors (Lipinski definition) is 1. The number of imidazole rings is 1. The Balaban J connectivity index is 1.76. The summed E-state index contributed by atoms with van der Waals surface area (Å²) in [5.74, 6) is -0.288. The first kappa shape index (κ1) is 21.9. The number of fused-ring (bicyclic) bond motifs is 1. The number of aryl methyl sites for hydroxylation is 1. The second kappa shape index (κ2) is 7.97. The molecule has 0 spiro atoms. The van der Waals surface area contributed by atoms with Gasteiger partial charge >= 0.3 is 11.4 Å². The number of carbonyl (C=O) groups is 2. The van der Waals surface area contributed by atoms with Gasteiger partial charge in [-0.1, -0.05) is 30.0 Å². The van der Waals surface area contributed by atoms with Crippen LogP contribution >= 0.6 is 11.8 Å². The molecule has 1 unspecified atom stereocenters. The molecule has 7 nitrogen and oxygen atoms in total. The molecule has 0 fully saturated rings. The molecule has 0 radical (unpaired) electrons. The van der Waals surface area contributed by atoms with E-state index in [1.54, 1.807) is 35.9 Å². The van der Waals surface area contributed by atoms with E-state index in [2.05, 4.69) is 10.1 Å². The monoisotopic (exact) mass is 461 g/mol. The third-order valence-electron chi connectivity index (χ3n) is 5.03. The molecular weight excluding hydrogens is 443 g/mol. The highest BCUT2D eigenvalue weighted by atomic mass is 32.2. The number of alkyl halides is 3. The number of primary amides is 1. The Bertz CT molecular complexity index is 1270. The number of carbonyl (C=O) groups excluding carboxylic acids is 2. The lowest BCUT2D eigenvalue weighted by molar-refractivity contribution is -0.137. The number of aromatic nitrogens is 2. The van der Waals surface area contributed by atoms with Crippen molar-refractivity contribution in [3.8, 4) is 11.4 Å². The molecular formula is C21H18F3N5O2S. The molecule has 4 rings (SSSR count). The lowest BCUT2D eigenvalue weighted by atomic mass is 10.1. The number of thioether (sulfide) groups is 1. The van der Waals surface area contributed by atoms with Crippen LogP contribution in [0.2, 0.25) is 0 Å². The van der Waals surface area contributed by atoms with Crippen LogP contribution in [0.5, 0.6) is 0 Å². The highest BCUT2D eigenvalue weighted by Gasteiger charge is 2.31. The van der Waals surface area contributed by atoms with Crippen LogP contribution in [-0.2, 0) is 18.0 Å². The van der Waals surface area contributed by atoms with Crippen molar-refractivity contribution >= 4 is 39.7 Å². The van der Waals surface area contributed by atoms with Crippen LogP contribution in [0.15, 0.2) is 47.6 Å². The van der Waals surface area contributed by atoms with Crippen molar-refractivity contribution in [3.63, 3.8) is 0 Å². The van der Waals surface area contributed by atoms with Gasteiger partial charge in [-0.05, 0) is 31.2 Å². The van der Waals surface area contributed by atoms with Crippen LogP contribution in [0.1, 0.15) is 18.1 Å². The van der Waals surface area contributed by atoms with Crippen molar-refractivity contribution in [1.29, 1.82) is 0 Å². The van der Waals surface area contributed by atoms with Gasteiger partial charge in [-0.25, -0.2) is 9.99 Å². The van der Waals surface area contributed by atoms with Crippen LogP contribution < -0.4 is 5.73 Å². The minimum Gasteiger partial charge on any atom is -0.368 e. The number of halogens is 3. The molecule has 11 heteroatoms. The van der Waals surface area contributed by atoms with Gasteiger partial charge in [-0.2, -0.15) is 18.3 Å². The fraction of sp³-hybridized carbons (Fsp3) is 0.238. The molecule has 3 aromatic rings. The number of benzene rings is 2. The molecule has 0 saturated carbocycles. The number of rotatable bonds is 4.